The van der Waals surface area contributed by atoms with Crippen LogP contribution in [-0.4, -0.2) is 12.1 Å². The number of hydrogen-bond acceptors (Lipinski definition) is 3. The van der Waals surface area contributed by atoms with Crippen LogP contribution in [0, 0.1) is 0 Å². The van der Waals surface area contributed by atoms with Crippen LogP contribution in [0.5, 0.6) is 0 Å². The van der Waals surface area contributed by atoms with Crippen molar-refractivity contribution in [2.75, 3.05) is 6.54 Å². The maximum atomic E-state index is 5.52. The maximum absolute atomic E-state index is 5.52. The summed E-state index contributed by atoms with van der Waals surface area (Å²) in [6.07, 6.45) is 7.10. The average Bonchev–Trinajstić information content (AvgIpc) is 2.20. The highest BCUT2D eigenvalue weighted by molar-refractivity contribution is 7.78. The molecule has 0 aliphatic carbocycles. The van der Waals surface area contributed by atoms with Crippen LogP contribution < -0.4 is 10.5 Å². The minimum absolute atomic E-state index is 0.221. The molecule has 0 amide bonds. The van der Waals surface area contributed by atoms with Gasteiger partial charge in [-0.3, -0.25) is 4.72 Å². The molecule has 0 aromatic carbocycles. The van der Waals surface area contributed by atoms with Gasteiger partial charge >= 0.3 is 0 Å². The summed E-state index contributed by atoms with van der Waals surface area (Å²) in [6.45, 7) is 5.22. The van der Waals surface area contributed by atoms with E-state index in [1.54, 1.807) is 0 Å². The maximum Gasteiger partial charge on any atom is 0.0278 e. The van der Waals surface area contributed by atoms with E-state index in [1.807, 2.05) is 0 Å². The van der Waals surface area contributed by atoms with Gasteiger partial charge in [-0.25, -0.2) is 0 Å². The Morgan fingerprint density at radius 1 is 1.23 bits per heavy atom. The Labute approximate surface area is 88.2 Å². The lowest BCUT2D eigenvalue weighted by molar-refractivity contribution is 0.313. The number of rotatable bonds is 8. The summed E-state index contributed by atoms with van der Waals surface area (Å²) < 4.78 is 3.17. The Kier molecular flexibility index (Phi) is 7.81. The van der Waals surface area contributed by atoms with E-state index in [1.165, 1.54) is 19.3 Å². The molecule has 13 heavy (non-hydrogen) atoms. The molecule has 0 heterocycles. The Bertz CT molecular complexity index is 103. The lowest BCUT2D eigenvalue weighted by Crippen LogP contribution is -2.39. The standard InChI is InChI=1S/C10H24N2S/c1-3-5-7-10(4-2,12-13)8-6-9-11/h12-13H,3-9,11H2,1-2H3. The van der Waals surface area contributed by atoms with Gasteiger partial charge in [-0.1, -0.05) is 39.5 Å². The monoisotopic (exact) mass is 204 g/mol. The first-order valence-electron chi connectivity index (χ1n) is 5.36. The third-order valence-electron chi connectivity index (χ3n) is 2.78. The van der Waals surface area contributed by atoms with Gasteiger partial charge in [0.05, 0.1) is 0 Å². The van der Waals surface area contributed by atoms with Gasteiger partial charge in [-0.15, -0.1) is 0 Å². The van der Waals surface area contributed by atoms with Crippen LogP contribution >= 0.6 is 12.8 Å². The first-order chi connectivity index (χ1) is 6.24. The summed E-state index contributed by atoms with van der Waals surface area (Å²) >= 11 is 4.24. The lowest BCUT2D eigenvalue weighted by atomic mass is 9.86. The second-order valence-corrected chi connectivity index (χ2v) is 3.97. The zero-order valence-corrected chi connectivity index (χ0v) is 9.87. The normalized spacial score (nSPS) is 15.7. The highest BCUT2D eigenvalue weighted by Crippen LogP contribution is 2.24. The van der Waals surface area contributed by atoms with Crippen molar-refractivity contribution in [3.63, 3.8) is 0 Å². The number of hydrogen-bond donors (Lipinski definition) is 3. The third-order valence-corrected chi connectivity index (χ3v) is 3.26. The molecule has 0 aromatic rings. The van der Waals surface area contributed by atoms with Crippen LogP contribution in [0.3, 0.4) is 0 Å². The molecule has 1 unspecified atom stereocenters. The second-order valence-electron chi connectivity index (χ2n) is 3.74. The Hall–Kier alpha value is 0.270. The van der Waals surface area contributed by atoms with Gasteiger partial charge in [0.1, 0.15) is 0 Å². The van der Waals surface area contributed by atoms with Crippen molar-refractivity contribution >= 4 is 12.8 Å². The summed E-state index contributed by atoms with van der Waals surface area (Å²) in [7, 11) is 0. The minimum Gasteiger partial charge on any atom is -0.330 e. The number of unbranched alkanes of at least 4 members (excludes halogenated alkanes) is 1. The zero-order valence-electron chi connectivity index (χ0n) is 8.97. The van der Waals surface area contributed by atoms with E-state index in [4.69, 9.17) is 5.73 Å². The zero-order chi connectivity index (χ0) is 10.2. The molecule has 80 valence electrons. The fourth-order valence-electron chi connectivity index (χ4n) is 1.63. The summed E-state index contributed by atoms with van der Waals surface area (Å²) in [5, 5.41) is 0. The number of nitrogens with two attached hydrogens (primary N) is 1. The van der Waals surface area contributed by atoms with Gasteiger partial charge in [-0.2, -0.15) is 0 Å². The van der Waals surface area contributed by atoms with Crippen LogP contribution in [0.2, 0.25) is 0 Å². The highest BCUT2D eigenvalue weighted by Gasteiger charge is 2.24. The summed E-state index contributed by atoms with van der Waals surface area (Å²) in [5.74, 6) is 0. The molecule has 0 radical (unpaired) electrons. The highest BCUT2D eigenvalue weighted by atomic mass is 32.1. The number of thiol groups is 1. The second kappa shape index (κ2) is 7.65. The van der Waals surface area contributed by atoms with E-state index in [-0.39, 0.29) is 5.54 Å². The predicted octanol–water partition coefficient (Wildman–Crippen LogP) is 2.50. The molecular weight excluding hydrogens is 180 g/mol. The molecule has 0 aliphatic heterocycles. The van der Waals surface area contributed by atoms with E-state index in [0.717, 1.165) is 25.8 Å². The number of nitrogens with one attached hydrogen (secondary N) is 1. The summed E-state index contributed by atoms with van der Waals surface area (Å²) in [6, 6.07) is 0. The van der Waals surface area contributed by atoms with Crippen LogP contribution in [0.25, 0.3) is 0 Å². The van der Waals surface area contributed by atoms with Crippen LogP contribution in [0.15, 0.2) is 0 Å². The van der Waals surface area contributed by atoms with E-state index < -0.39 is 0 Å². The van der Waals surface area contributed by atoms with Crippen molar-refractivity contribution in [3.05, 3.63) is 0 Å². The van der Waals surface area contributed by atoms with E-state index in [9.17, 15) is 0 Å². The average molecular weight is 204 g/mol. The molecule has 2 nitrogen and oxygen atoms in total. The van der Waals surface area contributed by atoms with Crippen LogP contribution in [-0.2, 0) is 0 Å². The van der Waals surface area contributed by atoms with Gasteiger partial charge in [0.2, 0.25) is 0 Å². The van der Waals surface area contributed by atoms with Crippen LogP contribution in [0.4, 0.5) is 0 Å². The Morgan fingerprint density at radius 3 is 2.23 bits per heavy atom. The van der Waals surface area contributed by atoms with Crippen molar-refractivity contribution in [2.24, 2.45) is 5.73 Å². The first-order valence-corrected chi connectivity index (χ1v) is 5.80. The molecular formula is C10H24N2S. The minimum atomic E-state index is 0.221. The molecule has 3 heteroatoms. The Morgan fingerprint density at radius 2 is 1.85 bits per heavy atom. The molecule has 0 fully saturated rings. The third kappa shape index (κ3) is 4.89. The van der Waals surface area contributed by atoms with Gasteiger partial charge in [0, 0.05) is 5.54 Å². The van der Waals surface area contributed by atoms with Crippen molar-refractivity contribution < 1.29 is 0 Å². The van der Waals surface area contributed by atoms with E-state index in [0.29, 0.717) is 0 Å². The van der Waals surface area contributed by atoms with E-state index in [2.05, 4.69) is 31.4 Å². The van der Waals surface area contributed by atoms with Crippen LogP contribution in [0.1, 0.15) is 52.4 Å². The first kappa shape index (κ1) is 13.3. The lowest BCUT2D eigenvalue weighted by Gasteiger charge is -2.31. The molecule has 1 atom stereocenters. The molecule has 0 rings (SSSR count). The predicted molar refractivity (Wildman–Crippen MR) is 63.0 cm³/mol. The molecule has 0 saturated heterocycles. The SMILES string of the molecule is CCCCC(CC)(CCCN)NS. The van der Waals surface area contributed by atoms with Gasteiger partial charge < -0.3 is 5.73 Å². The van der Waals surface area contributed by atoms with Crippen molar-refractivity contribution in [2.45, 2.75) is 57.9 Å². The smallest absolute Gasteiger partial charge is 0.0278 e. The molecule has 0 aliphatic rings. The molecule has 0 saturated carbocycles. The Balaban J connectivity index is 3.97. The molecule has 0 aromatic heterocycles. The summed E-state index contributed by atoms with van der Waals surface area (Å²) in [4.78, 5) is 0. The largest absolute Gasteiger partial charge is 0.330 e. The van der Waals surface area contributed by atoms with Gasteiger partial charge in [0.15, 0.2) is 0 Å². The van der Waals surface area contributed by atoms with Crippen molar-refractivity contribution in [1.29, 1.82) is 0 Å². The fourth-order valence-corrected chi connectivity index (χ4v) is 2.01. The molecule has 3 N–H and O–H groups in total. The fraction of sp³-hybridized carbons (Fsp3) is 1.00. The van der Waals surface area contributed by atoms with E-state index >= 15 is 0 Å². The topological polar surface area (TPSA) is 38.0 Å². The van der Waals surface area contributed by atoms with Crippen molar-refractivity contribution in [1.82, 2.24) is 4.72 Å². The quantitative estimate of drug-likeness (QED) is 0.532. The molecule has 0 spiro atoms. The summed E-state index contributed by atoms with van der Waals surface area (Å²) in [5.41, 5.74) is 5.74. The van der Waals surface area contributed by atoms with Crippen molar-refractivity contribution in [3.8, 4) is 0 Å². The van der Waals surface area contributed by atoms with Gasteiger partial charge in [0.25, 0.3) is 0 Å². The van der Waals surface area contributed by atoms with Gasteiger partial charge in [-0.05, 0) is 32.2 Å². The molecule has 0 bridgehead atoms.